The molecule has 0 aliphatic rings. The van der Waals surface area contributed by atoms with Gasteiger partial charge in [0.15, 0.2) is 5.78 Å². The van der Waals surface area contributed by atoms with Gasteiger partial charge in [0, 0.05) is 10.8 Å². The van der Waals surface area contributed by atoms with Gasteiger partial charge in [-0.1, -0.05) is 38.5 Å². The van der Waals surface area contributed by atoms with Crippen LogP contribution < -0.4 is 0 Å². The highest BCUT2D eigenvalue weighted by atomic mass is 32.2. The molecule has 0 aromatic heterocycles. The van der Waals surface area contributed by atoms with Crippen LogP contribution in [0.5, 0.6) is 0 Å². The molecular formula is C16H24OS. The van der Waals surface area contributed by atoms with Gasteiger partial charge in [-0.25, -0.2) is 0 Å². The average Bonchev–Trinajstić information content (AvgIpc) is 2.31. The van der Waals surface area contributed by atoms with E-state index in [0.29, 0.717) is 11.2 Å². The molecule has 0 amide bonds. The molecule has 1 aromatic carbocycles. The summed E-state index contributed by atoms with van der Waals surface area (Å²) in [6.45, 7) is 12.7. The van der Waals surface area contributed by atoms with E-state index in [1.54, 1.807) is 11.8 Å². The third kappa shape index (κ3) is 3.88. The molecule has 1 nitrogen and oxygen atoms in total. The van der Waals surface area contributed by atoms with Crippen LogP contribution in [0.25, 0.3) is 0 Å². The van der Waals surface area contributed by atoms with Crippen molar-refractivity contribution in [1.82, 2.24) is 0 Å². The SMILES string of the molecule is Cc1ccc(C)c(C(=O)C(C)SC(C)C(C)C)c1. The third-order valence-corrected chi connectivity index (χ3v) is 4.98. The Balaban J connectivity index is 2.83. The van der Waals surface area contributed by atoms with Crippen LogP contribution in [-0.2, 0) is 0 Å². The molecule has 0 fully saturated rings. The van der Waals surface area contributed by atoms with E-state index in [1.807, 2.05) is 32.9 Å². The van der Waals surface area contributed by atoms with Crippen molar-refractivity contribution in [3.8, 4) is 0 Å². The van der Waals surface area contributed by atoms with Gasteiger partial charge in [0.25, 0.3) is 0 Å². The fourth-order valence-electron chi connectivity index (χ4n) is 1.76. The monoisotopic (exact) mass is 264 g/mol. The lowest BCUT2D eigenvalue weighted by Crippen LogP contribution is -2.20. The first kappa shape index (κ1) is 15.3. The zero-order valence-corrected chi connectivity index (χ0v) is 13.1. The fourth-order valence-corrected chi connectivity index (χ4v) is 2.97. The van der Waals surface area contributed by atoms with Crippen molar-refractivity contribution in [1.29, 1.82) is 0 Å². The Morgan fingerprint density at radius 1 is 1.11 bits per heavy atom. The van der Waals surface area contributed by atoms with Gasteiger partial charge in [0.1, 0.15) is 0 Å². The zero-order chi connectivity index (χ0) is 13.9. The van der Waals surface area contributed by atoms with Crippen LogP contribution in [0.3, 0.4) is 0 Å². The summed E-state index contributed by atoms with van der Waals surface area (Å²) in [7, 11) is 0. The standard InChI is InChI=1S/C16H24OS/c1-10(2)13(5)18-14(6)16(17)15-9-11(3)7-8-12(15)4/h7-10,13-14H,1-6H3. The Labute approximate surface area is 115 Å². The highest BCUT2D eigenvalue weighted by Gasteiger charge is 2.21. The molecule has 1 aromatic rings. The number of hydrogen-bond acceptors (Lipinski definition) is 2. The summed E-state index contributed by atoms with van der Waals surface area (Å²) < 4.78 is 0. The molecule has 1 rings (SSSR count). The van der Waals surface area contributed by atoms with Gasteiger partial charge in [-0.2, -0.15) is 0 Å². The zero-order valence-electron chi connectivity index (χ0n) is 12.3. The van der Waals surface area contributed by atoms with Crippen molar-refractivity contribution in [2.45, 2.75) is 52.0 Å². The van der Waals surface area contributed by atoms with Gasteiger partial charge in [0.05, 0.1) is 5.25 Å². The molecule has 0 bridgehead atoms. The Morgan fingerprint density at radius 3 is 2.28 bits per heavy atom. The maximum absolute atomic E-state index is 12.5. The summed E-state index contributed by atoms with van der Waals surface area (Å²) in [4.78, 5) is 12.5. The highest BCUT2D eigenvalue weighted by molar-refractivity contribution is 8.01. The molecule has 0 heterocycles. The molecule has 2 atom stereocenters. The second kappa shape index (κ2) is 6.42. The smallest absolute Gasteiger partial charge is 0.175 e. The number of hydrogen-bond donors (Lipinski definition) is 0. The van der Waals surface area contributed by atoms with Crippen molar-refractivity contribution < 1.29 is 4.79 Å². The van der Waals surface area contributed by atoms with Crippen LogP contribution in [0.2, 0.25) is 0 Å². The van der Waals surface area contributed by atoms with Gasteiger partial charge in [0.2, 0.25) is 0 Å². The Bertz CT molecular complexity index is 423. The lowest BCUT2D eigenvalue weighted by Gasteiger charge is -2.20. The first-order valence-corrected chi connectivity index (χ1v) is 7.54. The molecular weight excluding hydrogens is 240 g/mol. The minimum absolute atomic E-state index is 0.0305. The molecule has 0 N–H and O–H groups in total. The summed E-state index contributed by atoms with van der Waals surface area (Å²) in [5, 5.41) is 0.539. The number of aryl methyl sites for hydroxylation is 2. The number of carbonyl (C=O) groups excluding carboxylic acids is 1. The van der Waals surface area contributed by atoms with Crippen molar-refractivity contribution in [2.75, 3.05) is 0 Å². The quantitative estimate of drug-likeness (QED) is 0.720. The van der Waals surface area contributed by atoms with Gasteiger partial charge >= 0.3 is 0 Å². The van der Waals surface area contributed by atoms with Crippen LogP contribution in [0, 0.1) is 19.8 Å². The topological polar surface area (TPSA) is 17.1 Å². The summed E-state index contributed by atoms with van der Waals surface area (Å²) in [5.74, 6) is 0.859. The first-order valence-electron chi connectivity index (χ1n) is 6.59. The summed E-state index contributed by atoms with van der Waals surface area (Å²) in [6.07, 6.45) is 0. The minimum Gasteiger partial charge on any atom is -0.293 e. The summed E-state index contributed by atoms with van der Waals surface area (Å²) in [5.41, 5.74) is 3.11. The molecule has 2 unspecified atom stereocenters. The van der Waals surface area contributed by atoms with Crippen LogP contribution >= 0.6 is 11.8 Å². The van der Waals surface area contributed by atoms with E-state index < -0.39 is 0 Å². The summed E-state index contributed by atoms with van der Waals surface area (Å²) in [6, 6.07) is 6.10. The number of benzene rings is 1. The first-order chi connectivity index (χ1) is 8.32. The van der Waals surface area contributed by atoms with Crippen LogP contribution in [0.15, 0.2) is 18.2 Å². The van der Waals surface area contributed by atoms with E-state index in [4.69, 9.17) is 0 Å². The second-order valence-electron chi connectivity index (χ2n) is 5.41. The Hall–Kier alpha value is -0.760. The van der Waals surface area contributed by atoms with Crippen molar-refractivity contribution in [2.24, 2.45) is 5.92 Å². The van der Waals surface area contributed by atoms with E-state index in [2.05, 4.69) is 26.8 Å². The van der Waals surface area contributed by atoms with Crippen molar-refractivity contribution in [3.05, 3.63) is 34.9 Å². The maximum Gasteiger partial charge on any atom is 0.175 e. The molecule has 0 aliphatic carbocycles. The Morgan fingerprint density at radius 2 is 1.72 bits per heavy atom. The van der Waals surface area contributed by atoms with Gasteiger partial charge in [-0.3, -0.25) is 4.79 Å². The molecule has 18 heavy (non-hydrogen) atoms. The molecule has 2 heteroatoms. The fraction of sp³-hybridized carbons (Fsp3) is 0.562. The number of carbonyl (C=O) groups is 1. The average molecular weight is 264 g/mol. The largest absolute Gasteiger partial charge is 0.293 e. The van der Waals surface area contributed by atoms with Crippen LogP contribution in [0.1, 0.15) is 49.2 Å². The molecule has 0 saturated heterocycles. The predicted molar refractivity (Wildman–Crippen MR) is 81.6 cm³/mol. The van der Waals surface area contributed by atoms with E-state index >= 15 is 0 Å². The van der Waals surface area contributed by atoms with E-state index in [9.17, 15) is 4.79 Å². The third-order valence-electron chi connectivity index (χ3n) is 3.39. The molecule has 0 spiro atoms. The lowest BCUT2D eigenvalue weighted by molar-refractivity contribution is 0.0993. The molecule has 0 saturated carbocycles. The van der Waals surface area contributed by atoms with E-state index in [-0.39, 0.29) is 11.0 Å². The van der Waals surface area contributed by atoms with Crippen LogP contribution in [0.4, 0.5) is 0 Å². The molecule has 0 radical (unpaired) electrons. The van der Waals surface area contributed by atoms with E-state index in [1.165, 1.54) is 0 Å². The highest BCUT2D eigenvalue weighted by Crippen LogP contribution is 2.26. The number of ketones is 1. The number of rotatable bonds is 5. The molecule has 100 valence electrons. The Kier molecular flexibility index (Phi) is 5.46. The predicted octanol–water partition coefficient (Wildman–Crippen LogP) is 4.65. The van der Waals surface area contributed by atoms with Crippen LogP contribution in [-0.4, -0.2) is 16.3 Å². The van der Waals surface area contributed by atoms with Gasteiger partial charge in [-0.05, 0) is 38.3 Å². The molecule has 0 aliphatic heterocycles. The van der Waals surface area contributed by atoms with Crippen molar-refractivity contribution in [3.63, 3.8) is 0 Å². The normalized spacial score (nSPS) is 14.6. The number of thioether (sulfide) groups is 1. The van der Waals surface area contributed by atoms with Crippen molar-refractivity contribution >= 4 is 17.5 Å². The minimum atomic E-state index is 0.0305. The number of Topliss-reactive ketones (excluding diaryl/α,β-unsaturated/α-hetero) is 1. The van der Waals surface area contributed by atoms with E-state index in [0.717, 1.165) is 16.7 Å². The second-order valence-corrected chi connectivity index (χ2v) is 7.13. The maximum atomic E-state index is 12.5. The summed E-state index contributed by atoms with van der Waals surface area (Å²) >= 11 is 1.78. The van der Waals surface area contributed by atoms with Gasteiger partial charge in [-0.15, -0.1) is 11.8 Å². The lowest BCUT2D eigenvalue weighted by atomic mass is 10.0. The van der Waals surface area contributed by atoms with Gasteiger partial charge < -0.3 is 0 Å².